The molecule has 0 radical (unpaired) electrons. The zero-order valence-corrected chi connectivity index (χ0v) is 22.5. The quantitative estimate of drug-likeness (QED) is 0.164. The standard InChI is InChI=1S/C31H29ClF4N2O2/c32-25-4-1-5-26(33)24(25)18-38(21-10-11-21)31(39)23-17-37-15-14-22(23)20-8-6-19(7-9-20)3-2-16-40-30-28(35)13-12-27(34)29(30)36/h1,4-9,12-13,21,37H,2-3,10-11,14-18H2. The molecule has 210 valence electrons. The first-order valence-corrected chi connectivity index (χ1v) is 13.7. The van der Waals surface area contributed by atoms with Crippen LogP contribution in [0.15, 0.2) is 60.2 Å². The molecule has 0 bridgehead atoms. The van der Waals surface area contributed by atoms with Gasteiger partial charge in [0.25, 0.3) is 5.91 Å². The normalized spacial score (nSPS) is 15.3. The molecular weight excluding hydrogens is 544 g/mol. The lowest BCUT2D eigenvalue weighted by Crippen LogP contribution is -2.39. The van der Waals surface area contributed by atoms with Crippen molar-refractivity contribution < 1.29 is 27.1 Å². The number of hydrogen-bond donors (Lipinski definition) is 1. The van der Waals surface area contributed by atoms with E-state index in [1.54, 1.807) is 17.0 Å². The number of aryl methyl sites for hydroxylation is 1. The molecule has 0 atom stereocenters. The Bertz CT molecular complexity index is 1400. The minimum absolute atomic E-state index is 0.0253. The third-order valence-corrected chi connectivity index (χ3v) is 7.63. The number of nitrogens with zero attached hydrogens (tertiary/aromatic N) is 1. The summed E-state index contributed by atoms with van der Waals surface area (Å²) < 4.78 is 60.5. The third kappa shape index (κ3) is 6.34. The first-order valence-electron chi connectivity index (χ1n) is 13.4. The van der Waals surface area contributed by atoms with Gasteiger partial charge in [-0.1, -0.05) is 41.9 Å². The number of amides is 1. The van der Waals surface area contributed by atoms with Gasteiger partial charge in [-0.2, -0.15) is 4.39 Å². The number of ether oxygens (including phenoxy) is 1. The van der Waals surface area contributed by atoms with Gasteiger partial charge in [0.15, 0.2) is 17.4 Å². The molecule has 1 aliphatic carbocycles. The van der Waals surface area contributed by atoms with Crippen molar-refractivity contribution in [1.82, 2.24) is 10.2 Å². The minimum Gasteiger partial charge on any atom is -0.488 e. The fourth-order valence-corrected chi connectivity index (χ4v) is 5.17. The molecule has 0 spiro atoms. The van der Waals surface area contributed by atoms with Crippen LogP contribution >= 0.6 is 11.6 Å². The van der Waals surface area contributed by atoms with E-state index in [4.69, 9.17) is 16.3 Å². The van der Waals surface area contributed by atoms with E-state index in [0.717, 1.165) is 48.2 Å². The second-order valence-corrected chi connectivity index (χ2v) is 10.5. The predicted molar refractivity (Wildman–Crippen MR) is 146 cm³/mol. The molecule has 0 saturated heterocycles. The zero-order valence-electron chi connectivity index (χ0n) is 21.8. The van der Waals surface area contributed by atoms with Gasteiger partial charge < -0.3 is 15.0 Å². The van der Waals surface area contributed by atoms with Crippen LogP contribution in [-0.2, 0) is 17.8 Å². The van der Waals surface area contributed by atoms with Gasteiger partial charge in [-0.15, -0.1) is 0 Å². The minimum atomic E-state index is -1.33. The molecule has 1 N–H and O–H groups in total. The van der Waals surface area contributed by atoms with Crippen LogP contribution in [0, 0.1) is 23.3 Å². The Hall–Kier alpha value is -3.36. The van der Waals surface area contributed by atoms with Crippen LogP contribution < -0.4 is 10.1 Å². The Labute approximate surface area is 235 Å². The maximum atomic E-state index is 14.5. The topological polar surface area (TPSA) is 41.6 Å². The third-order valence-electron chi connectivity index (χ3n) is 7.28. The van der Waals surface area contributed by atoms with Crippen molar-refractivity contribution in [3.05, 3.63) is 105 Å². The van der Waals surface area contributed by atoms with Crippen LogP contribution in [0.25, 0.3) is 5.57 Å². The van der Waals surface area contributed by atoms with Crippen LogP contribution in [0.5, 0.6) is 5.75 Å². The van der Waals surface area contributed by atoms with Gasteiger partial charge in [-0.25, -0.2) is 13.2 Å². The molecule has 40 heavy (non-hydrogen) atoms. The lowest BCUT2D eigenvalue weighted by molar-refractivity contribution is -0.128. The van der Waals surface area contributed by atoms with Crippen LogP contribution in [0.1, 0.15) is 42.4 Å². The Morgan fingerprint density at radius 1 is 0.975 bits per heavy atom. The van der Waals surface area contributed by atoms with E-state index in [1.807, 2.05) is 24.3 Å². The number of halogens is 5. The van der Waals surface area contributed by atoms with Crippen molar-refractivity contribution >= 4 is 23.1 Å². The van der Waals surface area contributed by atoms with Gasteiger partial charge in [0.2, 0.25) is 5.82 Å². The number of benzene rings is 3. The van der Waals surface area contributed by atoms with Crippen molar-refractivity contribution in [3.8, 4) is 5.75 Å². The summed E-state index contributed by atoms with van der Waals surface area (Å²) in [5.41, 5.74) is 3.88. The number of hydrogen-bond acceptors (Lipinski definition) is 3. The fraction of sp³-hybridized carbons (Fsp3) is 0.323. The van der Waals surface area contributed by atoms with Gasteiger partial charge in [-0.3, -0.25) is 4.79 Å². The molecule has 1 fully saturated rings. The number of carbonyl (C=O) groups is 1. The van der Waals surface area contributed by atoms with Gasteiger partial charge in [0.05, 0.1) is 13.2 Å². The van der Waals surface area contributed by atoms with E-state index in [0.29, 0.717) is 42.0 Å². The molecule has 0 aromatic heterocycles. The highest BCUT2D eigenvalue weighted by atomic mass is 35.5. The van der Waals surface area contributed by atoms with Crippen LogP contribution in [0.4, 0.5) is 17.6 Å². The molecule has 1 saturated carbocycles. The van der Waals surface area contributed by atoms with E-state index >= 15 is 0 Å². The summed E-state index contributed by atoms with van der Waals surface area (Å²) in [5, 5.41) is 3.60. The fourth-order valence-electron chi connectivity index (χ4n) is 4.95. The van der Waals surface area contributed by atoms with Gasteiger partial charge in [0, 0.05) is 28.7 Å². The molecule has 3 aromatic carbocycles. The summed E-state index contributed by atoms with van der Waals surface area (Å²) in [7, 11) is 0. The highest BCUT2D eigenvalue weighted by Gasteiger charge is 2.36. The SMILES string of the molecule is O=C(C1=C(c2ccc(CCCOc3c(F)ccc(F)c3F)cc2)CCNC1)N(Cc1c(F)cccc1Cl)C1CC1. The molecule has 1 heterocycles. The lowest BCUT2D eigenvalue weighted by Gasteiger charge is -2.28. The molecule has 1 aliphatic heterocycles. The molecule has 0 unspecified atom stereocenters. The number of nitrogens with one attached hydrogen (secondary N) is 1. The van der Waals surface area contributed by atoms with Crippen molar-refractivity contribution in [2.24, 2.45) is 0 Å². The van der Waals surface area contributed by atoms with Crippen LogP contribution in [-0.4, -0.2) is 36.5 Å². The van der Waals surface area contributed by atoms with Crippen molar-refractivity contribution in [3.63, 3.8) is 0 Å². The van der Waals surface area contributed by atoms with E-state index < -0.39 is 29.0 Å². The molecule has 3 aromatic rings. The van der Waals surface area contributed by atoms with Gasteiger partial charge >= 0.3 is 0 Å². The van der Waals surface area contributed by atoms with Crippen molar-refractivity contribution in [2.75, 3.05) is 19.7 Å². The first-order chi connectivity index (χ1) is 19.3. The predicted octanol–water partition coefficient (Wildman–Crippen LogP) is 6.85. The summed E-state index contributed by atoms with van der Waals surface area (Å²) in [5.74, 6) is -4.67. The Morgan fingerprint density at radius 3 is 2.45 bits per heavy atom. The van der Waals surface area contributed by atoms with Crippen molar-refractivity contribution in [1.29, 1.82) is 0 Å². The molecule has 9 heteroatoms. The lowest BCUT2D eigenvalue weighted by atomic mass is 9.92. The van der Waals surface area contributed by atoms with Gasteiger partial charge in [0.1, 0.15) is 5.82 Å². The number of carbonyl (C=O) groups excluding carboxylic acids is 1. The van der Waals surface area contributed by atoms with Gasteiger partial charge in [-0.05, 0) is 79.6 Å². The molecular formula is C31H29ClF4N2O2. The maximum Gasteiger partial charge on any atom is 0.251 e. The summed E-state index contributed by atoms with van der Waals surface area (Å²) in [6.07, 6.45) is 3.50. The molecule has 4 nitrogen and oxygen atoms in total. The Kier molecular flexibility index (Phi) is 8.76. The second-order valence-electron chi connectivity index (χ2n) is 10.1. The average molecular weight is 573 g/mol. The first kappa shape index (κ1) is 28.2. The second kappa shape index (κ2) is 12.4. The van der Waals surface area contributed by atoms with Crippen LogP contribution in [0.2, 0.25) is 5.02 Å². The smallest absolute Gasteiger partial charge is 0.251 e. The molecule has 1 amide bonds. The Balaban J connectivity index is 1.27. The van der Waals surface area contributed by atoms with E-state index in [2.05, 4.69) is 5.32 Å². The molecule has 2 aliphatic rings. The molecule has 5 rings (SSSR count). The zero-order chi connectivity index (χ0) is 28.2. The Morgan fingerprint density at radius 2 is 1.73 bits per heavy atom. The highest BCUT2D eigenvalue weighted by molar-refractivity contribution is 6.31. The van der Waals surface area contributed by atoms with E-state index in [9.17, 15) is 22.4 Å². The summed E-state index contributed by atoms with van der Waals surface area (Å²) in [4.78, 5) is 15.5. The summed E-state index contributed by atoms with van der Waals surface area (Å²) in [6, 6.07) is 14.0. The van der Waals surface area contributed by atoms with Crippen molar-refractivity contribution in [2.45, 2.75) is 44.7 Å². The summed E-state index contributed by atoms with van der Waals surface area (Å²) in [6.45, 7) is 1.31. The van der Waals surface area contributed by atoms with Crippen LogP contribution in [0.3, 0.4) is 0 Å². The maximum absolute atomic E-state index is 14.5. The highest BCUT2D eigenvalue weighted by Crippen LogP contribution is 2.34. The monoisotopic (exact) mass is 572 g/mol. The van der Waals surface area contributed by atoms with E-state index in [-0.39, 0.29) is 25.1 Å². The number of rotatable bonds is 10. The largest absolute Gasteiger partial charge is 0.488 e. The van der Waals surface area contributed by atoms with E-state index in [1.165, 1.54) is 6.07 Å². The summed E-state index contributed by atoms with van der Waals surface area (Å²) >= 11 is 6.27. The average Bonchev–Trinajstić information content (AvgIpc) is 3.80.